The Labute approximate surface area is 201 Å². The minimum Gasteiger partial charge on any atom is -0.486 e. The Morgan fingerprint density at radius 1 is 1.15 bits per heavy atom. The molecule has 1 saturated heterocycles. The van der Waals surface area contributed by atoms with E-state index < -0.39 is 5.60 Å². The van der Waals surface area contributed by atoms with E-state index in [9.17, 15) is 9.90 Å². The lowest BCUT2D eigenvalue weighted by molar-refractivity contribution is -0.0135. The molecule has 0 aromatic carbocycles. The maximum Gasteiger partial charge on any atom is 0.251 e. The van der Waals surface area contributed by atoms with Crippen LogP contribution in [0.3, 0.4) is 0 Å². The highest BCUT2D eigenvalue weighted by molar-refractivity contribution is 6.32. The van der Waals surface area contributed by atoms with Crippen LogP contribution in [0.25, 0.3) is 11.0 Å². The van der Waals surface area contributed by atoms with Gasteiger partial charge < -0.3 is 24.5 Å². The van der Waals surface area contributed by atoms with E-state index in [-0.39, 0.29) is 12.1 Å². The van der Waals surface area contributed by atoms with Crippen molar-refractivity contribution >= 4 is 22.6 Å². The van der Waals surface area contributed by atoms with E-state index >= 15 is 0 Å². The van der Waals surface area contributed by atoms with Crippen molar-refractivity contribution in [2.75, 3.05) is 32.8 Å². The number of likely N-dealkylation sites (tertiary alicyclic amines) is 1. The maximum atomic E-state index is 12.4. The number of pyridine rings is 3. The zero-order valence-corrected chi connectivity index (χ0v) is 19.4. The smallest absolute Gasteiger partial charge is 0.251 e. The van der Waals surface area contributed by atoms with Gasteiger partial charge >= 0.3 is 0 Å². The molecule has 0 unspecified atom stereocenters. The molecule has 6 heterocycles. The summed E-state index contributed by atoms with van der Waals surface area (Å²) in [6.45, 7) is 4.07. The predicted molar refractivity (Wildman–Crippen MR) is 126 cm³/mol. The van der Waals surface area contributed by atoms with Crippen molar-refractivity contribution in [2.45, 2.75) is 37.6 Å². The van der Waals surface area contributed by atoms with Crippen LogP contribution in [0, 0.1) is 0 Å². The molecule has 3 aromatic rings. The normalized spacial score (nSPS) is 22.4. The van der Waals surface area contributed by atoms with Crippen LogP contribution < -0.4 is 20.3 Å². The van der Waals surface area contributed by atoms with Gasteiger partial charge in [0.1, 0.15) is 18.8 Å². The van der Waals surface area contributed by atoms with Crippen LogP contribution in [0.4, 0.5) is 0 Å². The van der Waals surface area contributed by atoms with E-state index in [4.69, 9.17) is 21.1 Å². The molecule has 0 aliphatic carbocycles. The Morgan fingerprint density at radius 2 is 1.94 bits per heavy atom. The first-order valence-electron chi connectivity index (χ1n) is 11.6. The molecule has 0 radical (unpaired) electrons. The number of β-amino-alcohol motifs (C(OH)–C–C–N with tert-alkyl or cyclic N) is 1. The van der Waals surface area contributed by atoms with Crippen LogP contribution in [0.1, 0.15) is 24.1 Å². The van der Waals surface area contributed by atoms with Gasteiger partial charge in [-0.25, -0.2) is 0 Å². The largest absolute Gasteiger partial charge is 0.486 e. The minimum atomic E-state index is -1.22. The zero-order chi connectivity index (χ0) is 23.3. The number of aliphatic hydroxyl groups is 1. The molecule has 178 valence electrons. The van der Waals surface area contributed by atoms with E-state index in [1.54, 1.807) is 23.0 Å². The van der Waals surface area contributed by atoms with Gasteiger partial charge in [0.2, 0.25) is 0 Å². The van der Waals surface area contributed by atoms with Crippen molar-refractivity contribution < 1.29 is 14.6 Å². The van der Waals surface area contributed by atoms with E-state index in [0.717, 1.165) is 37.4 Å². The van der Waals surface area contributed by atoms with Gasteiger partial charge in [-0.1, -0.05) is 11.6 Å². The zero-order valence-electron chi connectivity index (χ0n) is 18.7. The Kier molecular flexibility index (Phi) is 5.44. The van der Waals surface area contributed by atoms with Crippen molar-refractivity contribution in [2.24, 2.45) is 0 Å². The van der Waals surface area contributed by atoms with Crippen molar-refractivity contribution in [3.8, 4) is 11.5 Å². The monoisotopic (exact) mass is 483 g/mol. The van der Waals surface area contributed by atoms with E-state index in [1.165, 1.54) is 6.07 Å². The van der Waals surface area contributed by atoms with Gasteiger partial charge in [0, 0.05) is 43.0 Å². The van der Waals surface area contributed by atoms with Crippen LogP contribution in [-0.2, 0) is 18.7 Å². The van der Waals surface area contributed by atoms with Gasteiger partial charge in [-0.3, -0.25) is 19.7 Å². The number of fused-ring (bicyclic) bond motifs is 1. The van der Waals surface area contributed by atoms with Gasteiger partial charge in [0.05, 0.1) is 34.5 Å². The maximum absolute atomic E-state index is 12.4. The topological polar surface area (TPSA) is 102 Å². The Balaban J connectivity index is 1.09. The average Bonchev–Trinajstić information content (AvgIpc) is 3.17. The van der Waals surface area contributed by atoms with Crippen LogP contribution in [0.15, 0.2) is 35.4 Å². The molecule has 34 heavy (non-hydrogen) atoms. The first kappa shape index (κ1) is 21.8. The van der Waals surface area contributed by atoms with Crippen LogP contribution in [0.5, 0.6) is 11.5 Å². The fraction of sp³-hybridized carbons (Fsp3) is 0.458. The third kappa shape index (κ3) is 3.82. The molecule has 9 nitrogen and oxygen atoms in total. The molecule has 0 saturated carbocycles. The lowest BCUT2D eigenvalue weighted by Crippen LogP contribution is -2.48. The highest BCUT2D eigenvalue weighted by atomic mass is 35.5. The summed E-state index contributed by atoms with van der Waals surface area (Å²) in [4.78, 5) is 23.5. The molecule has 1 atom stereocenters. The molecule has 3 aliphatic heterocycles. The fourth-order valence-corrected chi connectivity index (χ4v) is 5.62. The standard InChI is InChI=1S/C24H26ClN5O4/c25-17-11-28-18-1-2-21(31)30-14-24(32,22(17)23(18)30)13-29-5-3-15(4-6-29)26-10-16-9-19-20(12-27-16)34-8-7-33-19/h1-2,9,11-12,15,26,32H,3-8,10,13-14H2/t24-/m0/s1. The third-order valence-electron chi connectivity index (χ3n) is 6.97. The summed E-state index contributed by atoms with van der Waals surface area (Å²) in [6, 6.07) is 5.48. The van der Waals surface area contributed by atoms with Gasteiger partial charge in [-0.05, 0) is 32.0 Å². The Bertz CT molecular complexity index is 1310. The number of nitrogens with one attached hydrogen (secondary N) is 1. The van der Waals surface area contributed by atoms with Gasteiger partial charge in [-0.15, -0.1) is 0 Å². The van der Waals surface area contributed by atoms with Crippen LogP contribution >= 0.6 is 11.6 Å². The third-order valence-corrected chi connectivity index (χ3v) is 7.26. The lowest BCUT2D eigenvalue weighted by atomic mass is 9.94. The molecule has 10 heteroatoms. The molecular weight excluding hydrogens is 458 g/mol. The number of ether oxygens (including phenoxy) is 2. The average molecular weight is 484 g/mol. The van der Waals surface area contributed by atoms with Gasteiger partial charge in [0.15, 0.2) is 11.5 Å². The molecule has 0 bridgehead atoms. The number of halogens is 1. The van der Waals surface area contributed by atoms with Crippen molar-refractivity contribution in [1.29, 1.82) is 0 Å². The lowest BCUT2D eigenvalue weighted by Gasteiger charge is -2.37. The second-order valence-electron chi connectivity index (χ2n) is 9.25. The summed E-state index contributed by atoms with van der Waals surface area (Å²) in [6.07, 6.45) is 5.19. The summed E-state index contributed by atoms with van der Waals surface area (Å²) in [7, 11) is 0. The predicted octanol–water partition coefficient (Wildman–Crippen LogP) is 1.67. The van der Waals surface area contributed by atoms with Crippen LogP contribution in [0.2, 0.25) is 5.02 Å². The van der Waals surface area contributed by atoms with E-state index in [2.05, 4.69) is 20.2 Å². The first-order chi connectivity index (χ1) is 16.5. The number of piperidine rings is 1. The van der Waals surface area contributed by atoms with Crippen molar-refractivity contribution in [3.63, 3.8) is 0 Å². The molecule has 0 amide bonds. The minimum absolute atomic E-state index is 0.149. The summed E-state index contributed by atoms with van der Waals surface area (Å²) in [5, 5.41) is 15.6. The van der Waals surface area contributed by atoms with Crippen LogP contribution in [-0.4, -0.2) is 63.4 Å². The summed E-state index contributed by atoms with van der Waals surface area (Å²) in [5.74, 6) is 1.45. The van der Waals surface area contributed by atoms with Gasteiger partial charge in [-0.2, -0.15) is 0 Å². The van der Waals surface area contributed by atoms with Crippen molar-refractivity contribution in [1.82, 2.24) is 24.8 Å². The molecule has 0 spiro atoms. The van der Waals surface area contributed by atoms with Gasteiger partial charge in [0.25, 0.3) is 5.56 Å². The molecule has 6 rings (SSSR count). The summed E-state index contributed by atoms with van der Waals surface area (Å²) < 4.78 is 12.8. The van der Waals surface area contributed by atoms with E-state index in [1.807, 2.05) is 6.07 Å². The number of hydrogen-bond donors (Lipinski definition) is 2. The molecule has 2 N–H and O–H groups in total. The highest BCUT2D eigenvalue weighted by Gasteiger charge is 2.42. The number of hydrogen-bond acceptors (Lipinski definition) is 8. The molecule has 3 aliphatic rings. The van der Waals surface area contributed by atoms with E-state index in [0.29, 0.717) is 59.7 Å². The fourth-order valence-electron chi connectivity index (χ4n) is 5.31. The highest BCUT2D eigenvalue weighted by Crippen LogP contribution is 2.40. The second kappa shape index (κ2) is 8.49. The molecular formula is C24H26ClN5O4. The molecule has 3 aromatic heterocycles. The Morgan fingerprint density at radius 3 is 2.76 bits per heavy atom. The quantitative estimate of drug-likeness (QED) is 0.565. The Hall–Kier alpha value is -2.72. The van der Waals surface area contributed by atoms with Crippen molar-refractivity contribution in [3.05, 3.63) is 57.2 Å². The number of rotatable bonds is 5. The number of nitrogens with zero attached hydrogens (tertiary/aromatic N) is 4. The second-order valence-corrected chi connectivity index (χ2v) is 9.66. The first-order valence-corrected chi connectivity index (χ1v) is 12.0. The summed E-state index contributed by atoms with van der Waals surface area (Å²) in [5.41, 5.74) is 1.48. The molecule has 1 fully saturated rings. The summed E-state index contributed by atoms with van der Waals surface area (Å²) >= 11 is 6.47. The number of aromatic nitrogens is 3. The SMILES string of the molecule is O=c1ccc2ncc(Cl)c3c2n1C[C@@]3(O)CN1CCC(NCc2cc3c(cn2)OCCO3)CC1.